The molecule has 0 aliphatic carbocycles. The van der Waals surface area contributed by atoms with Crippen LogP contribution in [0.4, 0.5) is 0 Å². The van der Waals surface area contributed by atoms with Crippen LogP contribution in [0.15, 0.2) is 212 Å². The molecule has 5 nitrogen and oxygen atoms in total. The molecule has 0 saturated heterocycles. The van der Waals surface area contributed by atoms with Crippen LogP contribution in [-0.4, -0.2) is 24.9 Å². The molecule has 0 radical (unpaired) electrons. The predicted octanol–water partition coefficient (Wildman–Crippen LogP) is 13.2. The highest BCUT2D eigenvalue weighted by Crippen LogP contribution is 2.34. The fourth-order valence-electron chi connectivity index (χ4n) is 7.38. The second kappa shape index (κ2) is 15.3. The minimum Gasteiger partial charge on any atom is -0.228 e. The highest BCUT2D eigenvalue weighted by Gasteiger charge is 2.16. The van der Waals surface area contributed by atoms with Crippen LogP contribution in [0.1, 0.15) is 0 Å². The van der Waals surface area contributed by atoms with Crippen molar-refractivity contribution in [1.29, 1.82) is 0 Å². The van der Waals surface area contributed by atoms with Crippen molar-refractivity contribution in [3.63, 3.8) is 0 Å². The molecular formula is C53H35N5. The van der Waals surface area contributed by atoms with Gasteiger partial charge in [0.15, 0.2) is 23.3 Å². The van der Waals surface area contributed by atoms with Crippen LogP contribution in [-0.2, 0) is 0 Å². The van der Waals surface area contributed by atoms with Crippen molar-refractivity contribution >= 4 is 10.8 Å². The van der Waals surface area contributed by atoms with E-state index < -0.39 is 0 Å². The summed E-state index contributed by atoms with van der Waals surface area (Å²) < 4.78 is 0. The van der Waals surface area contributed by atoms with Gasteiger partial charge in [-0.15, -0.1) is 0 Å². The largest absolute Gasteiger partial charge is 0.228 e. The number of benzene rings is 8. The van der Waals surface area contributed by atoms with E-state index in [2.05, 4.69) is 158 Å². The highest BCUT2D eigenvalue weighted by atomic mass is 15.0. The first kappa shape index (κ1) is 34.6. The van der Waals surface area contributed by atoms with Gasteiger partial charge in [0.05, 0.1) is 11.4 Å². The molecule has 2 heterocycles. The zero-order valence-corrected chi connectivity index (χ0v) is 31.4. The first-order valence-electron chi connectivity index (χ1n) is 19.3. The van der Waals surface area contributed by atoms with Gasteiger partial charge in [0.2, 0.25) is 0 Å². The summed E-state index contributed by atoms with van der Waals surface area (Å²) in [6, 6.07) is 72.9. The van der Waals surface area contributed by atoms with Gasteiger partial charge in [-0.25, -0.2) is 24.9 Å². The Morgan fingerprint density at radius 2 is 0.638 bits per heavy atom. The van der Waals surface area contributed by atoms with E-state index in [0.717, 1.165) is 72.2 Å². The molecule has 0 spiro atoms. The van der Waals surface area contributed by atoms with Gasteiger partial charge < -0.3 is 0 Å². The Morgan fingerprint density at radius 1 is 0.224 bits per heavy atom. The van der Waals surface area contributed by atoms with Crippen molar-refractivity contribution < 1.29 is 0 Å². The average molecular weight is 742 g/mol. The molecular weight excluding hydrogens is 707 g/mol. The van der Waals surface area contributed by atoms with E-state index in [9.17, 15) is 0 Å². The van der Waals surface area contributed by atoms with E-state index in [1.54, 1.807) is 0 Å². The Bertz CT molecular complexity index is 3030. The summed E-state index contributed by atoms with van der Waals surface area (Å²) in [5.41, 5.74) is 11.9. The van der Waals surface area contributed by atoms with Crippen LogP contribution in [0.2, 0.25) is 0 Å². The van der Waals surface area contributed by atoms with Crippen LogP contribution >= 0.6 is 0 Å². The standard InChI is InChI=1S/C53H35N5/c1-4-15-36(16-5-1)37-29-31-39(32-30-37)48-35-49(55-50(54-48)40-18-6-2-7-19-40)44-25-12-23-42(33-44)43-24-13-26-45(34-43)52-56-51(41-20-8-3-9-21-41)57-53(58-52)47-28-14-22-38-17-10-11-27-46(38)47/h1-35H. The van der Waals surface area contributed by atoms with Gasteiger partial charge in [0.25, 0.3) is 0 Å². The summed E-state index contributed by atoms with van der Waals surface area (Å²) >= 11 is 0. The zero-order valence-electron chi connectivity index (χ0n) is 31.4. The quantitative estimate of drug-likeness (QED) is 0.155. The molecule has 58 heavy (non-hydrogen) atoms. The highest BCUT2D eigenvalue weighted by molar-refractivity contribution is 5.95. The van der Waals surface area contributed by atoms with Crippen LogP contribution in [0.3, 0.4) is 0 Å². The van der Waals surface area contributed by atoms with E-state index in [-0.39, 0.29) is 0 Å². The monoisotopic (exact) mass is 741 g/mol. The average Bonchev–Trinajstić information content (AvgIpc) is 3.32. The molecule has 2 aromatic heterocycles. The van der Waals surface area contributed by atoms with Gasteiger partial charge in [-0.1, -0.05) is 194 Å². The lowest BCUT2D eigenvalue weighted by Crippen LogP contribution is -2.00. The van der Waals surface area contributed by atoms with Gasteiger partial charge in [0.1, 0.15) is 0 Å². The Labute approximate surface area is 337 Å². The van der Waals surface area contributed by atoms with Crippen molar-refractivity contribution in [2.24, 2.45) is 0 Å². The lowest BCUT2D eigenvalue weighted by Gasteiger charge is -2.12. The summed E-state index contributed by atoms with van der Waals surface area (Å²) in [7, 11) is 0. The molecule has 0 unspecified atom stereocenters. The molecule has 272 valence electrons. The molecule has 0 amide bonds. The van der Waals surface area contributed by atoms with E-state index >= 15 is 0 Å². The minimum absolute atomic E-state index is 0.612. The van der Waals surface area contributed by atoms with Gasteiger partial charge in [-0.05, 0) is 51.2 Å². The summed E-state index contributed by atoms with van der Waals surface area (Å²) in [4.78, 5) is 25.4. The Morgan fingerprint density at radius 3 is 1.31 bits per heavy atom. The smallest absolute Gasteiger partial charge is 0.164 e. The molecule has 5 heteroatoms. The number of fused-ring (bicyclic) bond motifs is 1. The fourth-order valence-corrected chi connectivity index (χ4v) is 7.38. The molecule has 10 aromatic rings. The Kier molecular flexibility index (Phi) is 9.14. The summed E-state index contributed by atoms with van der Waals surface area (Å²) in [6.07, 6.45) is 0. The topological polar surface area (TPSA) is 64.5 Å². The van der Waals surface area contributed by atoms with Gasteiger partial charge in [-0.2, -0.15) is 0 Å². The predicted molar refractivity (Wildman–Crippen MR) is 236 cm³/mol. The molecule has 0 aliphatic heterocycles. The lowest BCUT2D eigenvalue weighted by molar-refractivity contribution is 1.08. The van der Waals surface area contributed by atoms with Gasteiger partial charge in [-0.3, -0.25) is 0 Å². The SMILES string of the molecule is c1ccc(-c2ccc(-c3cc(-c4cccc(-c5cccc(-c6nc(-c7ccccc7)nc(-c7cccc8ccccc78)n6)c5)c4)nc(-c4ccccc4)n3)cc2)cc1. The van der Waals surface area contributed by atoms with E-state index in [1.807, 2.05) is 54.6 Å². The molecule has 0 fully saturated rings. The summed E-state index contributed by atoms with van der Waals surface area (Å²) in [6.45, 7) is 0. The molecule has 0 N–H and O–H groups in total. The van der Waals surface area contributed by atoms with Crippen LogP contribution in [0.25, 0.3) is 101 Å². The van der Waals surface area contributed by atoms with Crippen molar-refractivity contribution in [2.45, 2.75) is 0 Å². The van der Waals surface area contributed by atoms with Crippen molar-refractivity contribution in [1.82, 2.24) is 24.9 Å². The first-order valence-corrected chi connectivity index (χ1v) is 19.3. The maximum absolute atomic E-state index is 5.12. The second-order valence-corrected chi connectivity index (χ2v) is 14.1. The number of rotatable bonds is 8. The molecule has 0 saturated carbocycles. The van der Waals surface area contributed by atoms with E-state index in [1.165, 1.54) is 5.56 Å². The Hall–Kier alpha value is -7.89. The Balaban J connectivity index is 1.05. The molecule has 0 atom stereocenters. The van der Waals surface area contributed by atoms with E-state index in [0.29, 0.717) is 23.3 Å². The van der Waals surface area contributed by atoms with Gasteiger partial charge >= 0.3 is 0 Å². The zero-order chi connectivity index (χ0) is 38.7. The van der Waals surface area contributed by atoms with Crippen molar-refractivity contribution in [3.8, 4) is 90.3 Å². The number of hydrogen-bond donors (Lipinski definition) is 0. The van der Waals surface area contributed by atoms with Gasteiger partial charge in [0, 0.05) is 33.4 Å². The number of nitrogens with zero attached hydrogens (tertiary/aromatic N) is 5. The van der Waals surface area contributed by atoms with Crippen LogP contribution in [0, 0.1) is 0 Å². The van der Waals surface area contributed by atoms with Crippen LogP contribution in [0.5, 0.6) is 0 Å². The third kappa shape index (κ3) is 7.04. The molecule has 0 bridgehead atoms. The molecule has 10 rings (SSSR count). The second-order valence-electron chi connectivity index (χ2n) is 14.1. The third-order valence-corrected chi connectivity index (χ3v) is 10.4. The number of aromatic nitrogens is 5. The third-order valence-electron chi connectivity index (χ3n) is 10.4. The fraction of sp³-hybridized carbons (Fsp3) is 0. The maximum Gasteiger partial charge on any atom is 0.164 e. The van der Waals surface area contributed by atoms with Crippen LogP contribution < -0.4 is 0 Å². The minimum atomic E-state index is 0.612. The lowest BCUT2D eigenvalue weighted by atomic mass is 9.98. The van der Waals surface area contributed by atoms with E-state index in [4.69, 9.17) is 24.9 Å². The molecule has 0 aliphatic rings. The summed E-state index contributed by atoms with van der Waals surface area (Å²) in [5, 5.41) is 2.23. The normalized spacial score (nSPS) is 11.1. The first-order chi connectivity index (χ1) is 28.7. The molecule has 8 aromatic carbocycles. The van der Waals surface area contributed by atoms with Crippen molar-refractivity contribution in [2.75, 3.05) is 0 Å². The maximum atomic E-state index is 5.12. The summed E-state index contributed by atoms with van der Waals surface area (Å²) in [5.74, 6) is 2.56. The number of hydrogen-bond acceptors (Lipinski definition) is 5. The van der Waals surface area contributed by atoms with Crippen molar-refractivity contribution in [3.05, 3.63) is 212 Å².